The second-order valence-electron chi connectivity index (χ2n) is 4.95. The minimum atomic E-state index is -0.323. The predicted molar refractivity (Wildman–Crippen MR) is 85.3 cm³/mol. The predicted octanol–water partition coefficient (Wildman–Crippen LogP) is 2.42. The number of aromatic nitrogens is 3. The SMILES string of the molecule is C[C@H](NC(=O)Nc1cc2[nH]nc(N)c2cn1)c1ccccc1. The number of nitrogens with zero attached hydrogens (tertiary/aromatic N) is 2. The lowest BCUT2D eigenvalue weighted by atomic mass is 10.1. The standard InChI is InChI=1S/C15H16N6O/c1-9(10-5-3-2-4-6-10)18-15(22)19-13-7-12-11(8-17-13)14(16)21-20-12/h2-9H,1H3,(H3,16,20,21)(H2,17,18,19,22)/t9-/m0/s1. The van der Waals surface area contributed by atoms with Gasteiger partial charge in [0.1, 0.15) is 5.82 Å². The number of pyridine rings is 1. The van der Waals surface area contributed by atoms with Crippen LogP contribution in [0.4, 0.5) is 16.4 Å². The zero-order valence-electron chi connectivity index (χ0n) is 12.0. The number of carbonyl (C=O) groups is 1. The molecule has 0 bridgehead atoms. The van der Waals surface area contributed by atoms with Crippen LogP contribution in [0.25, 0.3) is 10.9 Å². The molecule has 0 aliphatic heterocycles. The number of amides is 2. The molecule has 2 heterocycles. The Labute approximate surface area is 126 Å². The summed E-state index contributed by atoms with van der Waals surface area (Å²) in [6.07, 6.45) is 1.57. The molecule has 0 aliphatic carbocycles. The first kappa shape index (κ1) is 13.9. The summed E-state index contributed by atoms with van der Waals surface area (Å²) in [5, 5.41) is 12.9. The lowest BCUT2D eigenvalue weighted by molar-refractivity contribution is 0.249. The first-order valence-corrected chi connectivity index (χ1v) is 6.85. The van der Waals surface area contributed by atoms with E-state index in [0.29, 0.717) is 11.6 Å². The quantitative estimate of drug-likeness (QED) is 0.595. The number of nitrogen functional groups attached to an aromatic ring is 1. The summed E-state index contributed by atoms with van der Waals surface area (Å²) in [7, 11) is 0. The minimum Gasteiger partial charge on any atom is -0.382 e. The molecule has 7 heteroatoms. The number of fused-ring (bicyclic) bond motifs is 1. The van der Waals surface area contributed by atoms with Crippen molar-refractivity contribution in [3.63, 3.8) is 0 Å². The van der Waals surface area contributed by atoms with E-state index in [1.807, 2.05) is 37.3 Å². The maximum Gasteiger partial charge on any atom is 0.320 e. The van der Waals surface area contributed by atoms with Crippen molar-refractivity contribution in [3.05, 3.63) is 48.2 Å². The van der Waals surface area contributed by atoms with E-state index in [2.05, 4.69) is 25.8 Å². The van der Waals surface area contributed by atoms with Gasteiger partial charge in [0.25, 0.3) is 0 Å². The summed E-state index contributed by atoms with van der Waals surface area (Å²) in [6.45, 7) is 1.92. The molecule has 0 saturated heterocycles. The summed E-state index contributed by atoms with van der Waals surface area (Å²) >= 11 is 0. The van der Waals surface area contributed by atoms with Crippen molar-refractivity contribution in [3.8, 4) is 0 Å². The minimum absolute atomic E-state index is 0.104. The van der Waals surface area contributed by atoms with Gasteiger partial charge in [0.2, 0.25) is 0 Å². The van der Waals surface area contributed by atoms with Crippen LogP contribution in [0.15, 0.2) is 42.6 Å². The van der Waals surface area contributed by atoms with Crippen molar-refractivity contribution in [2.45, 2.75) is 13.0 Å². The highest BCUT2D eigenvalue weighted by atomic mass is 16.2. The van der Waals surface area contributed by atoms with Crippen LogP contribution >= 0.6 is 0 Å². The Morgan fingerprint density at radius 1 is 1.32 bits per heavy atom. The number of carbonyl (C=O) groups excluding carboxylic acids is 1. The van der Waals surface area contributed by atoms with E-state index >= 15 is 0 Å². The van der Waals surface area contributed by atoms with Crippen molar-refractivity contribution in [1.29, 1.82) is 0 Å². The van der Waals surface area contributed by atoms with Gasteiger partial charge in [-0.05, 0) is 12.5 Å². The molecule has 3 rings (SSSR count). The van der Waals surface area contributed by atoms with Crippen LogP contribution in [-0.4, -0.2) is 21.2 Å². The summed E-state index contributed by atoms with van der Waals surface area (Å²) in [6, 6.07) is 11.0. The van der Waals surface area contributed by atoms with Crippen LogP contribution in [0.2, 0.25) is 0 Å². The molecule has 0 aliphatic rings. The zero-order chi connectivity index (χ0) is 15.5. The highest BCUT2D eigenvalue weighted by Gasteiger charge is 2.10. The van der Waals surface area contributed by atoms with Crippen LogP contribution in [0.1, 0.15) is 18.5 Å². The monoisotopic (exact) mass is 296 g/mol. The van der Waals surface area contributed by atoms with E-state index in [9.17, 15) is 4.79 Å². The topological polar surface area (TPSA) is 109 Å². The lowest BCUT2D eigenvalue weighted by Gasteiger charge is -2.14. The molecule has 22 heavy (non-hydrogen) atoms. The summed E-state index contributed by atoms with van der Waals surface area (Å²) < 4.78 is 0. The molecule has 2 amide bonds. The molecule has 5 N–H and O–H groups in total. The van der Waals surface area contributed by atoms with Gasteiger partial charge in [-0.1, -0.05) is 30.3 Å². The molecule has 0 fully saturated rings. The Bertz CT molecular complexity index is 798. The maximum atomic E-state index is 12.0. The van der Waals surface area contributed by atoms with Gasteiger partial charge in [-0.2, -0.15) is 5.10 Å². The Morgan fingerprint density at radius 2 is 2.09 bits per heavy atom. The van der Waals surface area contributed by atoms with E-state index in [1.54, 1.807) is 12.3 Å². The van der Waals surface area contributed by atoms with Crippen LogP contribution in [0, 0.1) is 0 Å². The fourth-order valence-electron chi connectivity index (χ4n) is 2.18. The van der Waals surface area contributed by atoms with Crippen LogP contribution in [0.5, 0.6) is 0 Å². The number of nitrogens with two attached hydrogens (primary N) is 1. The largest absolute Gasteiger partial charge is 0.382 e. The van der Waals surface area contributed by atoms with E-state index in [0.717, 1.165) is 16.5 Å². The molecule has 3 aromatic rings. The fourth-order valence-corrected chi connectivity index (χ4v) is 2.18. The maximum absolute atomic E-state index is 12.0. The van der Waals surface area contributed by atoms with Gasteiger partial charge in [0.15, 0.2) is 5.82 Å². The van der Waals surface area contributed by atoms with Crippen molar-refractivity contribution in [2.75, 3.05) is 11.1 Å². The van der Waals surface area contributed by atoms with Crippen LogP contribution < -0.4 is 16.4 Å². The number of urea groups is 1. The fraction of sp³-hybridized carbons (Fsp3) is 0.133. The third-order valence-corrected chi connectivity index (χ3v) is 3.37. The molecule has 2 aromatic heterocycles. The number of hydrogen-bond donors (Lipinski definition) is 4. The second-order valence-corrected chi connectivity index (χ2v) is 4.95. The smallest absolute Gasteiger partial charge is 0.320 e. The van der Waals surface area contributed by atoms with Gasteiger partial charge in [0.05, 0.1) is 16.9 Å². The summed E-state index contributed by atoms with van der Waals surface area (Å²) in [4.78, 5) is 16.2. The second kappa shape index (κ2) is 5.72. The number of anilines is 2. The van der Waals surface area contributed by atoms with Gasteiger partial charge < -0.3 is 11.1 Å². The Balaban J connectivity index is 1.67. The number of aromatic amines is 1. The molecular formula is C15H16N6O. The third-order valence-electron chi connectivity index (χ3n) is 3.37. The Hall–Kier alpha value is -3.09. The van der Waals surface area contributed by atoms with E-state index in [-0.39, 0.29) is 12.1 Å². The average Bonchev–Trinajstić information content (AvgIpc) is 2.89. The van der Waals surface area contributed by atoms with Gasteiger partial charge in [-0.15, -0.1) is 0 Å². The van der Waals surface area contributed by atoms with Crippen LogP contribution in [-0.2, 0) is 0 Å². The number of benzene rings is 1. The number of rotatable bonds is 3. The molecule has 112 valence electrons. The highest BCUT2D eigenvalue weighted by molar-refractivity contribution is 5.93. The van der Waals surface area contributed by atoms with E-state index in [1.165, 1.54) is 0 Å². The Kier molecular flexibility index (Phi) is 3.61. The number of nitrogens with one attached hydrogen (secondary N) is 3. The molecule has 0 spiro atoms. The molecular weight excluding hydrogens is 280 g/mol. The first-order chi connectivity index (χ1) is 10.6. The molecule has 0 unspecified atom stereocenters. The molecule has 1 aromatic carbocycles. The third kappa shape index (κ3) is 2.83. The van der Waals surface area contributed by atoms with Gasteiger partial charge >= 0.3 is 6.03 Å². The van der Waals surface area contributed by atoms with Crippen molar-refractivity contribution in [1.82, 2.24) is 20.5 Å². The van der Waals surface area contributed by atoms with Gasteiger partial charge in [-0.3, -0.25) is 10.4 Å². The Morgan fingerprint density at radius 3 is 2.86 bits per heavy atom. The summed E-state index contributed by atoms with van der Waals surface area (Å²) in [5.74, 6) is 0.810. The lowest BCUT2D eigenvalue weighted by Crippen LogP contribution is -2.31. The number of hydrogen-bond acceptors (Lipinski definition) is 4. The molecule has 1 atom stereocenters. The van der Waals surface area contributed by atoms with E-state index < -0.39 is 0 Å². The normalized spacial score (nSPS) is 12.0. The summed E-state index contributed by atoms with van der Waals surface area (Å²) in [5.41, 5.74) is 7.43. The first-order valence-electron chi connectivity index (χ1n) is 6.85. The highest BCUT2D eigenvalue weighted by Crippen LogP contribution is 2.19. The molecule has 0 saturated carbocycles. The van der Waals surface area contributed by atoms with Crippen LogP contribution in [0.3, 0.4) is 0 Å². The van der Waals surface area contributed by atoms with Crippen molar-refractivity contribution < 1.29 is 4.79 Å². The van der Waals surface area contributed by atoms with E-state index in [4.69, 9.17) is 5.73 Å². The van der Waals surface area contributed by atoms with Crippen molar-refractivity contribution in [2.24, 2.45) is 0 Å². The molecule has 7 nitrogen and oxygen atoms in total. The molecule has 0 radical (unpaired) electrons. The number of H-pyrrole nitrogens is 1. The van der Waals surface area contributed by atoms with Gasteiger partial charge in [-0.25, -0.2) is 9.78 Å². The van der Waals surface area contributed by atoms with Gasteiger partial charge in [0, 0.05) is 12.3 Å². The van der Waals surface area contributed by atoms with Crippen molar-refractivity contribution >= 4 is 28.6 Å². The average molecular weight is 296 g/mol. The zero-order valence-corrected chi connectivity index (χ0v) is 12.0.